The lowest BCUT2D eigenvalue weighted by Gasteiger charge is -2.26. The summed E-state index contributed by atoms with van der Waals surface area (Å²) in [4.78, 5) is 0. The van der Waals surface area contributed by atoms with E-state index in [1.54, 1.807) is 0 Å². The fourth-order valence-electron chi connectivity index (χ4n) is 2.27. The molecule has 0 radical (unpaired) electrons. The Morgan fingerprint density at radius 1 is 1.33 bits per heavy atom. The van der Waals surface area contributed by atoms with Crippen LogP contribution in [0.1, 0.15) is 38.2 Å². The van der Waals surface area contributed by atoms with Crippen LogP contribution in [-0.2, 0) is 6.42 Å². The topological polar surface area (TPSA) is 12.0 Å². The van der Waals surface area contributed by atoms with Gasteiger partial charge in [0.15, 0.2) is 0 Å². The quantitative estimate of drug-likeness (QED) is 0.682. The number of benzene rings is 1. The van der Waals surface area contributed by atoms with E-state index >= 15 is 0 Å². The van der Waals surface area contributed by atoms with Gasteiger partial charge < -0.3 is 5.32 Å². The molecule has 1 fully saturated rings. The second-order valence-electron chi connectivity index (χ2n) is 5.85. The van der Waals surface area contributed by atoms with Crippen molar-refractivity contribution in [2.45, 2.75) is 45.1 Å². The van der Waals surface area contributed by atoms with Crippen molar-refractivity contribution in [1.82, 2.24) is 5.32 Å². The summed E-state index contributed by atoms with van der Waals surface area (Å²) in [6.45, 7) is 7.42. The van der Waals surface area contributed by atoms with Gasteiger partial charge in [-0.15, -0.1) is 6.58 Å². The van der Waals surface area contributed by atoms with Crippen LogP contribution >= 0.6 is 0 Å². The van der Waals surface area contributed by atoms with E-state index in [2.05, 4.69) is 55.2 Å². The van der Waals surface area contributed by atoms with Gasteiger partial charge in [-0.05, 0) is 43.1 Å². The van der Waals surface area contributed by atoms with Gasteiger partial charge in [0.2, 0.25) is 0 Å². The third-order valence-corrected chi connectivity index (χ3v) is 3.92. The summed E-state index contributed by atoms with van der Waals surface area (Å²) in [5.74, 6) is 0. The Labute approximate surface area is 111 Å². The molecular weight excluding hydrogens is 218 g/mol. The highest BCUT2D eigenvalue weighted by Crippen LogP contribution is 2.27. The maximum Gasteiger partial charge on any atom is 0.00685 e. The highest BCUT2D eigenvalue weighted by Gasteiger charge is 2.25. The van der Waals surface area contributed by atoms with E-state index in [-0.39, 0.29) is 5.41 Å². The Bertz CT molecular complexity index is 366. The molecule has 1 aliphatic carbocycles. The predicted molar refractivity (Wildman–Crippen MR) is 78.7 cm³/mol. The lowest BCUT2D eigenvalue weighted by Crippen LogP contribution is -2.31. The minimum absolute atomic E-state index is 0.247. The molecule has 0 saturated heterocycles. The molecule has 1 saturated carbocycles. The fourth-order valence-corrected chi connectivity index (χ4v) is 2.27. The molecular formula is C17H25N. The second kappa shape index (κ2) is 6.19. The summed E-state index contributed by atoms with van der Waals surface area (Å²) in [6.07, 6.45) is 8.47. The van der Waals surface area contributed by atoms with E-state index in [1.165, 1.54) is 37.7 Å². The number of hydrogen-bond donors (Lipinski definition) is 1. The highest BCUT2D eigenvalue weighted by atomic mass is 15.0. The second-order valence-corrected chi connectivity index (χ2v) is 5.85. The van der Waals surface area contributed by atoms with Gasteiger partial charge in [-0.2, -0.15) is 0 Å². The molecule has 1 aromatic rings. The molecule has 2 rings (SSSR count). The van der Waals surface area contributed by atoms with E-state index in [4.69, 9.17) is 0 Å². The minimum Gasteiger partial charge on any atom is -0.313 e. The standard InChI is InChI=1S/C17H25N/c1-3-17(2,14-18-16-11-12-16)13-7-10-15-8-5-4-6-9-15/h3-6,8-9,16,18H,1,7,10-14H2,2H3. The molecule has 1 heteroatoms. The van der Waals surface area contributed by atoms with Gasteiger partial charge in [0.1, 0.15) is 0 Å². The molecule has 1 N–H and O–H groups in total. The largest absolute Gasteiger partial charge is 0.313 e. The van der Waals surface area contributed by atoms with Gasteiger partial charge in [0.05, 0.1) is 0 Å². The highest BCUT2D eigenvalue weighted by molar-refractivity contribution is 5.14. The van der Waals surface area contributed by atoms with Crippen molar-refractivity contribution in [3.05, 3.63) is 48.6 Å². The average molecular weight is 243 g/mol. The molecule has 1 aliphatic rings. The first-order valence-corrected chi connectivity index (χ1v) is 7.13. The van der Waals surface area contributed by atoms with Crippen molar-refractivity contribution in [2.24, 2.45) is 5.41 Å². The average Bonchev–Trinajstić information content (AvgIpc) is 3.22. The van der Waals surface area contributed by atoms with Crippen LogP contribution in [0.3, 0.4) is 0 Å². The fraction of sp³-hybridized carbons (Fsp3) is 0.529. The maximum atomic E-state index is 4.02. The van der Waals surface area contributed by atoms with E-state index in [0.717, 1.165) is 12.6 Å². The van der Waals surface area contributed by atoms with Crippen molar-refractivity contribution in [3.63, 3.8) is 0 Å². The van der Waals surface area contributed by atoms with Gasteiger partial charge in [-0.3, -0.25) is 0 Å². The smallest absolute Gasteiger partial charge is 0.00685 e. The first-order valence-electron chi connectivity index (χ1n) is 7.13. The molecule has 0 aromatic heterocycles. The van der Waals surface area contributed by atoms with Crippen LogP contribution in [0, 0.1) is 5.41 Å². The molecule has 1 nitrogen and oxygen atoms in total. The van der Waals surface area contributed by atoms with Crippen LogP contribution in [0.5, 0.6) is 0 Å². The molecule has 1 unspecified atom stereocenters. The van der Waals surface area contributed by atoms with Crippen molar-refractivity contribution in [2.75, 3.05) is 6.54 Å². The van der Waals surface area contributed by atoms with Crippen LogP contribution in [0.15, 0.2) is 43.0 Å². The van der Waals surface area contributed by atoms with Gasteiger partial charge in [0, 0.05) is 12.6 Å². The molecule has 0 bridgehead atoms. The van der Waals surface area contributed by atoms with Crippen molar-refractivity contribution < 1.29 is 0 Å². The minimum atomic E-state index is 0.247. The van der Waals surface area contributed by atoms with Crippen molar-refractivity contribution in [3.8, 4) is 0 Å². The van der Waals surface area contributed by atoms with Gasteiger partial charge >= 0.3 is 0 Å². The summed E-state index contributed by atoms with van der Waals surface area (Å²) in [6, 6.07) is 11.5. The summed E-state index contributed by atoms with van der Waals surface area (Å²) in [5, 5.41) is 3.63. The lowest BCUT2D eigenvalue weighted by molar-refractivity contribution is 0.353. The van der Waals surface area contributed by atoms with Crippen LogP contribution < -0.4 is 5.32 Å². The van der Waals surface area contributed by atoms with Crippen LogP contribution in [0.4, 0.5) is 0 Å². The number of aryl methyl sites for hydroxylation is 1. The molecule has 0 heterocycles. The number of hydrogen-bond acceptors (Lipinski definition) is 1. The number of rotatable bonds is 8. The Morgan fingerprint density at radius 2 is 2.06 bits per heavy atom. The molecule has 18 heavy (non-hydrogen) atoms. The van der Waals surface area contributed by atoms with E-state index in [0.29, 0.717) is 0 Å². The molecule has 0 aliphatic heterocycles. The Morgan fingerprint density at radius 3 is 2.67 bits per heavy atom. The zero-order valence-electron chi connectivity index (χ0n) is 11.5. The van der Waals surface area contributed by atoms with E-state index < -0.39 is 0 Å². The maximum absolute atomic E-state index is 4.02. The van der Waals surface area contributed by atoms with Crippen molar-refractivity contribution >= 4 is 0 Å². The summed E-state index contributed by atoms with van der Waals surface area (Å²) in [5.41, 5.74) is 1.69. The third kappa shape index (κ3) is 4.30. The molecule has 0 amide bonds. The SMILES string of the molecule is C=CC(C)(CCCc1ccccc1)CNC1CC1. The Balaban J connectivity index is 1.73. The lowest BCUT2D eigenvalue weighted by atomic mass is 9.84. The van der Waals surface area contributed by atoms with Gasteiger partial charge in [-0.25, -0.2) is 0 Å². The molecule has 0 spiro atoms. The summed E-state index contributed by atoms with van der Waals surface area (Å²) < 4.78 is 0. The third-order valence-electron chi connectivity index (χ3n) is 3.92. The van der Waals surface area contributed by atoms with E-state index in [9.17, 15) is 0 Å². The first-order chi connectivity index (χ1) is 8.72. The summed E-state index contributed by atoms with van der Waals surface area (Å²) >= 11 is 0. The zero-order valence-corrected chi connectivity index (χ0v) is 11.5. The normalized spacial score (nSPS) is 18.3. The van der Waals surface area contributed by atoms with Crippen LogP contribution in [-0.4, -0.2) is 12.6 Å². The molecule has 1 aromatic carbocycles. The van der Waals surface area contributed by atoms with Crippen LogP contribution in [0.25, 0.3) is 0 Å². The van der Waals surface area contributed by atoms with Crippen LogP contribution in [0.2, 0.25) is 0 Å². The molecule has 1 atom stereocenters. The van der Waals surface area contributed by atoms with Gasteiger partial charge in [0.25, 0.3) is 0 Å². The summed E-state index contributed by atoms with van der Waals surface area (Å²) in [7, 11) is 0. The monoisotopic (exact) mass is 243 g/mol. The predicted octanol–water partition coefficient (Wildman–Crippen LogP) is 3.95. The van der Waals surface area contributed by atoms with Gasteiger partial charge in [-0.1, -0.05) is 43.3 Å². The van der Waals surface area contributed by atoms with E-state index in [1.807, 2.05) is 0 Å². The van der Waals surface area contributed by atoms with Crippen molar-refractivity contribution in [1.29, 1.82) is 0 Å². The first kappa shape index (κ1) is 13.4. The molecule has 98 valence electrons. The number of nitrogens with one attached hydrogen (secondary N) is 1. The Kier molecular flexibility index (Phi) is 4.60. The zero-order chi connectivity index (χ0) is 12.8. The Hall–Kier alpha value is -1.08.